The van der Waals surface area contributed by atoms with E-state index in [9.17, 15) is 14.4 Å². The molecule has 0 unspecified atom stereocenters. The van der Waals surface area contributed by atoms with Crippen molar-refractivity contribution in [2.75, 3.05) is 0 Å². The fourth-order valence-electron chi connectivity index (χ4n) is 3.35. The van der Waals surface area contributed by atoms with Crippen LogP contribution in [0.4, 0.5) is 0 Å². The Morgan fingerprint density at radius 2 is 0.794 bits per heavy atom. The molecule has 0 atom stereocenters. The smallest absolute Gasteiger partial charge is 0.303 e. The Labute approximate surface area is 207 Å². The first kappa shape index (κ1) is 34.1. The monoisotopic (exact) mass is 482 g/mol. The predicted octanol–water partition coefficient (Wildman–Crippen LogP) is 8.16. The summed E-state index contributed by atoms with van der Waals surface area (Å²) < 4.78 is 0. The molecule has 0 saturated carbocycles. The number of hydrogen-bond donors (Lipinski definition) is 3. The first-order chi connectivity index (χ1) is 16.4. The third-order valence-corrected chi connectivity index (χ3v) is 5.37. The van der Waals surface area contributed by atoms with Crippen molar-refractivity contribution in [3.63, 3.8) is 0 Å². The summed E-state index contributed by atoms with van der Waals surface area (Å²) in [5, 5.41) is 25.2. The number of hydrogen-bond acceptors (Lipinski definition) is 3. The van der Waals surface area contributed by atoms with E-state index in [-0.39, 0.29) is 12.8 Å². The van der Waals surface area contributed by atoms with Crippen LogP contribution >= 0.6 is 0 Å². The molecule has 0 bridgehead atoms. The van der Waals surface area contributed by atoms with Crippen molar-refractivity contribution in [1.29, 1.82) is 0 Å². The highest BCUT2D eigenvalue weighted by molar-refractivity contribution is 5.67. The van der Waals surface area contributed by atoms with E-state index in [1.807, 2.05) is 0 Å². The molecule has 3 N–H and O–H groups in total. The number of aliphatic carboxylic acids is 3. The molecule has 0 aromatic heterocycles. The maximum atomic E-state index is 10.3. The molecule has 0 fully saturated rings. The molecule has 0 radical (unpaired) electrons. The van der Waals surface area contributed by atoms with E-state index >= 15 is 0 Å². The Morgan fingerprint density at radius 3 is 1.15 bits per heavy atom. The molecular formula is C28H50O6. The van der Waals surface area contributed by atoms with Gasteiger partial charge in [-0.05, 0) is 51.4 Å². The third-order valence-electron chi connectivity index (χ3n) is 5.37. The Kier molecular flexibility index (Phi) is 29.0. The average molecular weight is 483 g/mol. The summed E-state index contributed by atoms with van der Waals surface area (Å²) in [6.07, 6.45) is 28.1. The largest absolute Gasteiger partial charge is 0.481 e. The summed E-state index contributed by atoms with van der Waals surface area (Å²) in [7, 11) is 0. The first-order valence-corrected chi connectivity index (χ1v) is 13.4. The van der Waals surface area contributed by atoms with Gasteiger partial charge in [-0.3, -0.25) is 14.4 Å². The van der Waals surface area contributed by atoms with Crippen LogP contribution in [-0.2, 0) is 14.4 Å². The predicted molar refractivity (Wildman–Crippen MR) is 139 cm³/mol. The summed E-state index contributed by atoms with van der Waals surface area (Å²) in [6.45, 7) is 2.23. The first-order valence-electron chi connectivity index (χ1n) is 13.4. The van der Waals surface area contributed by atoms with Gasteiger partial charge in [0, 0.05) is 19.3 Å². The molecule has 6 heteroatoms. The second-order valence-electron chi connectivity index (χ2n) is 8.78. The van der Waals surface area contributed by atoms with E-state index in [1.165, 1.54) is 44.9 Å². The van der Waals surface area contributed by atoms with Gasteiger partial charge in [0.15, 0.2) is 0 Å². The quantitative estimate of drug-likeness (QED) is 0.1000. The fourth-order valence-corrected chi connectivity index (χ4v) is 3.35. The SMILES string of the molecule is CCCCC/C=C\C/C=C\CCCCCCCC(=O)O.O=C(O)CCCCCCCCC(=O)O. The lowest BCUT2D eigenvalue weighted by Gasteiger charge is -1.98. The fraction of sp³-hybridized carbons (Fsp3) is 0.750. The van der Waals surface area contributed by atoms with Gasteiger partial charge >= 0.3 is 17.9 Å². The van der Waals surface area contributed by atoms with Gasteiger partial charge in [0.2, 0.25) is 0 Å². The molecular weight excluding hydrogens is 432 g/mol. The van der Waals surface area contributed by atoms with Crippen LogP contribution in [0.1, 0.15) is 135 Å². The van der Waals surface area contributed by atoms with Crippen molar-refractivity contribution in [3.8, 4) is 0 Å². The van der Waals surface area contributed by atoms with Crippen LogP contribution in [0.25, 0.3) is 0 Å². The Morgan fingerprint density at radius 1 is 0.471 bits per heavy atom. The van der Waals surface area contributed by atoms with Crippen molar-refractivity contribution in [2.45, 2.75) is 135 Å². The standard InChI is InChI=1S/C18H32O2.C10H18O4/c1-2-3-4-5-6-7-8-9-10-11-12-13-14-15-16-17-18(19)20;11-9(12)7-5-3-1-2-4-6-8-10(13)14/h6-7,9-10H,2-5,8,11-17H2,1H3,(H,19,20);1-8H2,(H,11,12)(H,13,14)/b7-6-,10-9-;. The highest BCUT2D eigenvalue weighted by Crippen LogP contribution is 2.09. The molecule has 0 amide bonds. The van der Waals surface area contributed by atoms with Gasteiger partial charge < -0.3 is 15.3 Å². The number of rotatable bonds is 23. The molecule has 198 valence electrons. The van der Waals surface area contributed by atoms with Crippen molar-refractivity contribution in [2.24, 2.45) is 0 Å². The van der Waals surface area contributed by atoms with Crippen molar-refractivity contribution < 1.29 is 29.7 Å². The zero-order valence-corrected chi connectivity index (χ0v) is 21.5. The summed E-state index contributed by atoms with van der Waals surface area (Å²) in [5.41, 5.74) is 0. The summed E-state index contributed by atoms with van der Waals surface area (Å²) >= 11 is 0. The molecule has 6 nitrogen and oxygen atoms in total. The second kappa shape index (κ2) is 28.9. The van der Waals surface area contributed by atoms with Gasteiger partial charge in [0.1, 0.15) is 0 Å². The highest BCUT2D eigenvalue weighted by atomic mass is 16.4. The maximum absolute atomic E-state index is 10.3. The van der Waals surface area contributed by atoms with Crippen molar-refractivity contribution >= 4 is 17.9 Å². The van der Waals surface area contributed by atoms with Crippen LogP contribution in [0, 0.1) is 0 Å². The lowest BCUT2D eigenvalue weighted by atomic mass is 10.1. The van der Waals surface area contributed by atoms with E-state index in [4.69, 9.17) is 15.3 Å². The Balaban J connectivity index is 0. The average Bonchev–Trinajstić information content (AvgIpc) is 2.78. The zero-order valence-electron chi connectivity index (χ0n) is 21.5. The Hall–Kier alpha value is -2.11. The third kappa shape index (κ3) is 37.2. The molecule has 34 heavy (non-hydrogen) atoms. The van der Waals surface area contributed by atoms with Gasteiger partial charge in [-0.25, -0.2) is 0 Å². The van der Waals surface area contributed by atoms with E-state index in [1.54, 1.807) is 0 Å². The van der Waals surface area contributed by atoms with Gasteiger partial charge in [-0.2, -0.15) is 0 Å². The normalized spacial score (nSPS) is 11.0. The van der Waals surface area contributed by atoms with Crippen LogP contribution in [-0.4, -0.2) is 33.2 Å². The van der Waals surface area contributed by atoms with Gasteiger partial charge in [0.05, 0.1) is 0 Å². The summed E-state index contributed by atoms with van der Waals surface area (Å²) in [4.78, 5) is 30.6. The van der Waals surface area contributed by atoms with E-state index in [2.05, 4.69) is 31.2 Å². The van der Waals surface area contributed by atoms with Gasteiger partial charge in [0.25, 0.3) is 0 Å². The minimum Gasteiger partial charge on any atom is -0.481 e. The highest BCUT2D eigenvalue weighted by Gasteiger charge is 1.98. The van der Waals surface area contributed by atoms with E-state index < -0.39 is 17.9 Å². The van der Waals surface area contributed by atoms with Crippen LogP contribution in [0.3, 0.4) is 0 Å². The number of allylic oxidation sites excluding steroid dienone is 4. The molecule has 0 aromatic carbocycles. The molecule has 0 aromatic rings. The van der Waals surface area contributed by atoms with Crippen molar-refractivity contribution in [3.05, 3.63) is 24.3 Å². The van der Waals surface area contributed by atoms with Gasteiger partial charge in [-0.1, -0.05) is 89.0 Å². The van der Waals surface area contributed by atoms with Crippen LogP contribution in [0.5, 0.6) is 0 Å². The molecule has 0 spiro atoms. The number of carbonyl (C=O) groups is 3. The van der Waals surface area contributed by atoms with Gasteiger partial charge in [-0.15, -0.1) is 0 Å². The zero-order chi connectivity index (χ0) is 25.7. The molecule has 0 aliphatic rings. The van der Waals surface area contributed by atoms with E-state index in [0.717, 1.165) is 64.2 Å². The lowest BCUT2D eigenvalue weighted by molar-refractivity contribution is -0.138. The van der Waals surface area contributed by atoms with E-state index in [0.29, 0.717) is 6.42 Å². The summed E-state index contributed by atoms with van der Waals surface area (Å²) in [5.74, 6) is -2.15. The molecule has 0 saturated heterocycles. The molecule has 0 rings (SSSR count). The Bertz CT molecular complexity index is 519. The number of carboxylic acid groups (broad SMARTS) is 3. The lowest BCUT2D eigenvalue weighted by Crippen LogP contribution is -1.94. The van der Waals surface area contributed by atoms with Crippen LogP contribution < -0.4 is 0 Å². The minimum atomic E-state index is -0.740. The van der Waals surface area contributed by atoms with Crippen LogP contribution in [0.15, 0.2) is 24.3 Å². The van der Waals surface area contributed by atoms with Crippen molar-refractivity contribution in [1.82, 2.24) is 0 Å². The van der Waals surface area contributed by atoms with Crippen LogP contribution in [0.2, 0.25) is 0 Å². The topological polar surface area (TPSA) is 112 Å². The second-order valence-corrected chi connectivity index (χ2v) is 8.78. The number of carboxylic acids is 3. The summed E-state index contributed by atoms with van der Waals surface area (Å²) in [6, 6.07) is 0. The molecule has 0 heterocycles. The molecule has 0 aliphatic carbocycles. The maximum Gasteiger partial charge on any atom is 0.303 e. The minimum absolute atomic E-state index is 0.245. The molecule has 0 aliphatic heterocycles. The number of unbranched alkanes of at least 4 members (excludes halogenated alkanes) is 13.